The summed E-state index contributed by atoms with van der Waals surface area (Å²) in [5.41, 5.74) is -0.722. The Hall–Kier alpha value is -1.97. The molecule has 2 fully saturated rings. The van der Waals surface area contributed by atoms with Gasteiger partial charge in [0, 0.05) is 11.1 Å². The number of ketones is 2. The van der Waals surface area contributed by atoms with E-state index in [1.54, 1.807) is 0 Å². The van der Waals surface area contributed by atoms with Crippen molar-refractivity contribution >= 4 is 23.2 Å². The number of amides is 1. The first-order valence-corrected chi connectivity index (χ1v) is 9.20. The predicted octanol–water partition coefficient (Wildman–Crippen LogP) is 3.93. The lowest BCUT2D eigenvalue weighted by atomic mass is 9.64. The Morgan fingerprint density at radius 2 is 1.68 bits per heavy atom. The van der Waals surface area contributed by atoms with Crippen molar-refractivity contribution in [2.75, 3.05) is 5.32 Å². The van der Waals surface area contributed by atoms with Gasteiger partial charge in [0.25, 0.3) is 0 Å². The maximum atomic E-state index is 13.1. The second kappa shape index (κ2) is 5.79. The van der Waals surface area contributed by atoms with E-state index in [0.717, 1.165) is 19.3 Å². The average molecular weight is 341 g/mol. The molecule has 1 amide bonds. The van der Waals surface area contributed by atoms with Gasteiger partial charge < -0.3 is 5.32 Å². The Labute approximate surface area is 149 Å². The van der Waals surface area contributed by atoms with Crippen LogP contribution in [-0.4, -0.2) is 17.5 Å². The third-order valence-corrected chi connectivity index (χ3v) is 6.96. The third kappa shape index (κ3) is 2.22. The highest BCUT2D eigenvalue weighted by Gasteiger charge is 2.77. The number of Topliss-reactive ketones (excluding diaryl/α,β-unsaturated/α-hetero) is 2. The number of fused-ring (bicyclic) bond motifs is 2. The lowest BCUT2D eigenvalue weighted by Crippen LogP contribution is -2.47. The maximum absolute atomic E-state index is 13.1. The normalized spacial score (nSPS) is 29.9. The van der Waals surface area contributed by atoms with Gasteiger partial charge in [-0.15, -0.1) is 0 Å². The van der Waals surface area contributed by atoms with Gasteiger partial charge >= 0.3 is 0 Å². The highest BCUT2D eigenvalue weighted by Crippen LogP contribution is 2.69. The van der Waals surface area contributed by atoms with E-state index in [1.807, 2.05) is 45.0 Å². The highest BCUT2D eigenvalue weighted by atomic mass is 16.2. The molecule has 1 N–H and O–H groups in total. The van der Waals surface area contributed by atoms with Crippen molar-refractivity contribution in [2.24, 2.45) is 16.2 Å². The summed E-state index contributed by atoms with van der Waals surface area (Å²) < 4.78 is 0. The summed E-state index contributed by atoms with van der Waals surface area (Å²) >= 11 is 0. The molecule has 0 spiro atoms. The molecule has 2 saturated carbocycles. The monoisotopic (exact) mass is 341 g/mol. The second-order valence-electron chi connectivity index (χ2n) is 8.28. The quantitative estimate of drug-likeness (QED) is 0.652. The van der Waals surface area contributed by atoms with E-state index in [-0.39, 0.29) is 11.7 Å². The van der Waals surface area contributed by atoms with Crippen LogP contribution >= 0.6 is 0 Å². The molecule has 3 rings (SSSR count). The zero-order valence-corrected chi connectivity index (χ0v) is 15.6. The van der Waals surface area contributed by atoms with E-state index in [2.05, 4.69) is 12.2 Å². The third-order valence-electron chi connectivity index (χ3n) is 6.96. The lowest BCUT2D eigenvalue weighted by Gasteiger charge is -2.37. The van der Waals surface area contributed by atoms with Crippen LogP contribution in [0.5, 0.6) is 0 Å². The standard InChI is InChI=1S/C21H27NO3/c1-5-6-7-14-8-10-15(11-9-14)22-18(25)21-13-12-20(4,19(21,2)3)16(23)17(21)24/h8-11H,5-7,12-13H2,1-4H3,(H,22,25)/t20-,21+/m1/s1. The van der Waals surface area contributed by atoms with Gasteiger partial charge in [-0.25, -0.2) is 0 Å². The Morgan fingerprint density at radius 1 is 1.04 bits per heavy atom. The molecule has 0 aromatic heterocycles. The number of nitrogens with one attached hydrogen (secondary N) is 1. The zero-order chi connectivity index (χ0) is 18.5. The number of hydrogen-bond acceptors (Lipinski definition) is 3. The van der Waals surface area contributed by atoms with Gasteiger partial charge in [0.2, 0.25) is 17.5 Å². The average Bonchev–Trinajstić information content (AvgIpc) is 2.86. The number of unbranched alkanes of at least 4 members (excludes halogenated alkanes) is 1. The summed E-state index contributed by atoms with van der Waals surface area (Å²) in [6.07, 6.45) is 4.34. The van der Waals surface area contributed by atoms with Gasteiger partial charge in [0.1, 0.15) is 5.41 Å². The minimum absolute atomic E-state index is 0.335. The summed E-state index contributed by atoms with van der Waals surface area (Å²) in [5, 5.41) is 2.90. The Morgan fingerprint density at radius 3 is 2.20 bits per heavy atom. The molecule has 1 aromatic rings. The molecule has 4 heteroatoms. The van der Waals surface area contributed by atoms with Crippen molar-refractivity contribution in [1.29, 1.82) is 0 Å². The molecule has 0 heterocycles. The van der Waals surface area contributed by atoms with Crippen LogP contribution in [0.25, 0.3) is 0 Å². The van der Waals surface area contributed by atoms with Crippen LogP contribution in [-0.2, 0) is 20.8 Å². The van der Waals surface area contributed by atoms with Crippen molar-refractivity contribution in [3.8, 4) is 0 Å². The van der Waals surface area contributed by atoms with E-state index in [9.17, 15) is 14.4 Å². The second-order valence-corrected chi connectivity index (χ2v) is 8.28. The summed E-state index contributed by atoms with van der Waals surface area (Å²) in [4.78, 5) is 38.3. The zero-order valence-electron chi connectivity index (χ0n) is 15.6. The molecule has 0 radical (unpaired) electrons. The summed E-state index contributed by atoms with van der Waals surface area (Å²) in [5.74, 6) is -1.23. The van der Waals surface area contributed by atoms with Crippen LogP contribution in [0.2, 0.25) is 0 Å². The Kier molecular flexibility index (Phi) is 4.13. The molecule has 4 nitrogen and oxygen atoms in total. The number of benzene rings is 1. The van der Waals surface area contributed by atoms with Gasteiger partial charge in [-0.3, -0.25) is 14.4 Å². The van der Waals surface area contributed by atoms with Crippen LogP contribution in [0.15, 0.2) is 24.3 Å². The van der Waals surface area contributed by atoms with E-state index in [1.165, 1.54) is 5.56 Å². The SMILES string of the molecule is CCCCc1ccc(NC(=O)[C@]23CC[C@](C)(C(=O)C2=O)C3(C)C)cc1. The van der Waals surface area contributed by atoms with E-state index < -0.39 is 22.0 Å². The fourth-order valence-corrected chi connectivity index (χ4v) is 4.65. The van der Waals surface area contributed by atoms with Crippen molar-refractivity contribution in [2.45, 2.75) is 59.8 Å². The van der Waals surface area contributed by atoms with E-state index >= 15 is 0 Å². The molecule has 1 aromatic carbocycles. The number of carbonyl (C=O) groups excluding carboxylic acids is 3. The molecule has 2 bridgehead atoms. The number of hydrogen-bond donors (Lipinski definition) is 1. The van der Waals surface area contributed by atoms with E-state index in [0.29, 0.717) is 18.5 Å². The van der Waals surface area contributed by atoms with Crippen molar-refractivity contribution < 1.29 is 14.4 Å². The number of anilines is 1. The predicted molar refractivity (Wildman–Crippen MR) is 97.3 cm³/mol. The van der Waals surface area contributed by atoms with Crippen molar-refractivity contribution in [3.05, 3.63) is 29.8 Å². The van der Waals surface area contributed by atoms with Crippen molar-refractivity contribution in [1.82, 2.24) is 0 Å². The van der Waals surface area contributed by atoms with Crippen LogP contribution in [0.4, 0.5) is 5.69 Å². The molecular formula is C21H27NO3. The first-order valence-electron chi connectivity index (χ1n) is 9.20. The first-order chi connectivity index (χ1) is 11.7. The molecule has 2 aliphatic rings. The highest BCUT2D eigenvalue weighted by molar-refractivity contribution is 6.49. The minimum Gasteiger partial charge on any atom is -0.325 e. The van der Waals surface area contributed by atoms with Crippen LogP contribution in [0.1, 0.15) is 58.9 Å². The molecule has 25 heavy (non-hydrogen) atoms. The van der Waals surface area contributed by atoms with Gasteiger partial charge in [-0.2, -0.15) is 0 Å². The summed E-state index contributed by atoms with van der Waals surface area (Å²) in [7, 11) is 0. The molecule has 2 atom stereocenters. The molecule has 0 unspecified atom stereocenters. The maximum Gasteiger partial charge on any atom is 0.239 e. The molecular weight excluding hydrogens is 314 g/mol. The summed E-state index contributed by atoms with van der Waals surface area (Å²) in [6, 6.07) is 7.77. The van der Waals surface area contributed by atoms with Gasteiger partial charge in [0.05, 0.1) is 0 Å². The minimum atomic E-state index is -1.24. The first kappa shape index (κ1) is 17.8. The molecule has 134 valence electrons. The molecule has 0 saturated heterocycles. The topological polar surface area (TPSA) is 63.2 Å². The number of rotatable bonds is 5. The summed E-state index contributed by atoms with van der Waals surface area (Å²) in [6.45, 7) is 7.76. The molecule has 2 aliphatic carbocycles. The fourth-order valence-electron chi connectivity index (χ4n) is 4.65. The fraction of sp³-hybridized carbons (Fsp3) is 0.571. The van der Waals surface area contributed by atoms with E-state index in [4.69, 9.17) is 0 Å². The van der Waals surface area contributed by atoms with Crippen LogP contribution in [0, 0.1) is 16.2 Å². The number of carbonyl (C=O) groups is 3. The van der Waals surface area contributed by atoms with Crippen molar-refractivity contribution in [3.63, 3.8) is 0 Å². The van der Waals surface area contributed by atoms with Crippen LogP contribution in [0.3, 0.4) is 0 Å². The largest absolute Gasteiger partial charge is 0.325 e. The van der Waals surface area contributed by atoms with Crippen LogP contribution < -0.4 is 5.32 Å². The lowest BCUT2D eigenvalue weighted by molar-refractivity contribution is -0.147. The smallest absolute Gasteiger partial charge is 0.239 e. The van der Waals surface area contributed by atoms with Gasteiger partial charge in [0.15, 0.2) is 0 Å². The van der Waals surface area contributed by atoms with Gasteiger partial charge in [-0.1, -0.05) is 46.2 Å². The Balaban J connectivity index is 1.84. The Bertz CT molecular complexity index is 734. The molecule has 0 aliphatic heterocycles. The van der Waals surface area contributed by atoms with Gasteiger partial charge in [-0.05, 0) is 48.8 Å². The number of aryl methyl sites for hydroxylation is 1.